The maximum Gasteiger partial charge on any atom is 0.416 e. The number of nitrogens with one attached hydrogen (secondary N) is 1. The van der Waals surface area contributed by atoms with Crippen molar-refractivity contribution in [1.82, 2.24) is 20.1 Å². The summed E-state index contributed by atoms with van der Waals surface area (Å²) in [5, 5.41) is 18.2. The average molecular weight is 484 g/mol. The van der Waals surface area contributed by atoms with E-state index in [1.54, 1.807) is 7.05 Å². The lowest BCUT2D eigenvalue weighted by Crippen LogP contribution is -2.61. The Labute approximate surface area is 193 Å². The molecule has 4 saturated carbocycles. The van der Waals surface area contributed by atoms with Crippen LogP contribution in [-0.4, -0.2) is 44.5 Å². The van der Waals surface area contributed by atoms with E-state index < -0.39 is 23.2 Å². The molecule has 2 unspecified atom stereocenters. The number of anilines is 2. The van der Waals surface area contributed by atoms with Gasteiger partial charge in [-0.3, -0.25) is 9.48 Å². The maximum atomic E-state index is 13.1. The van der Waals surface area contributed by atoms with Gasteiger partial charge in [-0.2, -0.15) is 18.3 Å². The molecule has 2 aromatic rings. The number of rotatable bonds is 4. The number of carbonyl (C=O) groups is 1. The van der Waals surface area contributed by atoms with Gasteiger partial charge in [0.1, 0.15) is 10.8 Å². The van der Waals surface area contributed by atoms with E-state index in [0.717, 1.165) is 37.6 Å². The molecule has 4 aliphatic rings. The number of halogens is 4. The molecule has 2 heterocycles. The Morgan fingerprint density at radius 1 is 1.30 bits per heavy atom. The fourth-order valence-electron chi connectivity index (χ4n) is 6.32. The third-order valence-corrected chi connectivity index (χ3v) is 7.80. The highest BCUT2D eigenvalue weighted by Gasteiger charge is 2.55. The van der Waals surface area contributed by atoms with Gasteiger partial charge in [-0.15, -0.1) is 0 Å². The summed E-state index contributed by atoms with van der Waals surface area (Å²) < 4.78 is 40.7. The molecule has 0 spiro atoms. The molecule has 4 aliphatic carbocycles. The molecule has 0 radical (unpaired) electrons. The molecule has 4 fully saturated rings. The molecular formula is C22H25ClF3N5O2. The standard InChI is InChI=1S/C22H25ClF3N5O2/c1-30(15-7-14(3-4-27-15)22(24,25)26)20-16(23)18(29-31(20)2)19(32)28-17-12-5-11-6-13(17)10-21(33,8-11)9-12/h3-4,7,11-13,17,33H,5-6,8-10H2,1-2H3,(H,28,32). The van der Waals surface area contributed by atoms with Crippen LogP contribution in [0.15, 0.2) is 18.3 Å². The van der Waals surface area contributed by atoms with Gasteiger partial charge in [0.25, 0.3) is 5.91 Å². The van der Waals surface area contributed by atoms with Crippen molar-refractivity contribution in [2.75, 3.05) is 11.9 Å². The number of aromatic nitrogens is 3. The molecule has 4 bridgehead atoms. The number of carbonyl (C=O) groups excluding carboxylic acids is 1. The van der Waals surface area contributed by atoms with Crippen LogP contribution in [-0.2, 0) is 13.2 Å². The lowest BCUT2D eigenvalue weighted by molar-refractivity contribution is -0.137. The summed E-state index contributed by atoms with van der Waals surface area (Å²) in [5.74, 6) is 0.827. The lowest BCUT2D eigenvalue weighted by atomic mass is 9.52. The van der Waals surface area contributed by atoms with Crippen LogP contribution < -0.4 is 10.2 Å². The Kier molecular flexibility index (Phi) is 5.17. The second-order valence-electron chi connectivity index (χ2n) is 9.76. The van der Waals surface area contributed by atoms with Crippen molar-refractivity contribution >= 4 is 29.1 Å². The third kappa shape index (κ3) is 3.86. The summed E-state index contributed by atoms with van der Waals surface area (Å²) in [7, 11) is 3.09. The minimum atomic E-state index is -4.51. The lowest BCUT2D eigenvalue weighted by Gasteiger charge is -2.58. The number of alkyl halides is 3. The van der Waals surface area contributed by atoms with Crippen molar-refractivity contribution in [2.45, 2.75) is 49.9 Å². The Hall–Kier alpha value is -2.33. The van der Waals surface area contributed by atoms with Crippen LogP contribution in [0.5, 0.6) is 0 Å². The second kappa shape index (κ2) is 7.59. The van der Waals surface area contributed by atoms with Gasteiger partial charge in [0, 0.05) is 26.3 Å². The number of hydrogen-bond donors (Lipinski definition) is 2. The van der Waals surface area contributed by atoms with Crippen molar-refractivity contribution in [3.05, 3.63) is 34.6 Å². The second-order valence-corrected chi connectivity index (χ2v) is 10.1. The van der Waals surface area contributed by atoms with Crippen molar-refractivity contribution < 1.29 is 23.1 Å². The Balaban J connectivity index is 1.38. The van der Waals surface area contributed by atoms with Gasteiger partial charge >= 0.3 is 6.18 Å². The maximum absolute atomic E-state index is 13.1. The SMILES string of the molecule is CN(c1cc(C(F)(F)F)ccn1)c1c(Cl)c(C(=O)NC2C3CC4CC2CC(O)(C4)C3)nn1C. The minimum absolute atomic E-state index is 0.0144. The first-order valence-electron chi connectivity index (χ1n) is 11.0. The summed E-state index contributed by atoms with van der Waals surface area (Å²) in [5.41, 5.74) is -1.42. The molecule has 2 N–H and O–H groups in total. The fraction of sp³-hybridized carbons (Fsp3) is 0.591. The molecule has 6 rings (SSSR count). The average Bonchev–Trinajstić information content (AvgIpc) is 3.02. The highest BCUT2D eigenvalue weighted by molar-refractivity contribution is 6.36. The minimum Gasteiger partial charge on any atom is -0.390 e. The van der Waals surface area contributed by atoms with E-state index in [-0.39, 0.29) is 40.2 Å². The first-order valence-corrected chi connectivity index (χ1v) is 11.4. The van der Waals surface area contributed by atoms with E-state index in [9.17, 15) is 23.1 Å². The van der Waals surface area contributed by atoms with E-state index >= 15 is 0 Å². The van der Waals surface area contributed by atoms with Gasteiger partial charge in [-0.1, -0.05) is 11.6 Å². The molecule has 11 heteroatoms. The van der Waals surface area contributed by atoms with Gasteiger partial charge in [0.15, 0.2) is 11.5 Å². The fourth-order valence-corrected chi connectivity index (χ4v) is 6.69. The largest absolute Gasteiger partial charge is 0.416 e. The Morgan fingerprint density at radius 2 is 1.97 bits per heavy atom. The summed E-state index contributed by atoms with van der Waals surface area (Å²) >= 11 is 6.51. The Morgan fingerprint density at radius 3 is 2.58 bits per heavy atom. The molecule has 1 amide bonds. The molecule has 178 valence electrons. The predicted molar refractivity (Wildman–Crippen MR) is 115 cm³/mol. The number of amides is 1. The summed E-state index contributed by atoms with van der Waals surface area (Å²) in [6.07, 6.45) is 0.792. The number of nitrogens with zero attached hydrogens (tertiary/aromatic N) is 4. The molecule has 0 saturated heterocycles. The van der Waals surface area contributed by atoms with Crippen LogP contribution in [0.25, 0.3) is 0 Å². The number of aryl methyl sites for hydroxylation is 1. The quantitative estimate of drug-likeness (QED) is 0.688. The smallest absolute Gasteiger partial charge is 0.390 e. The van der Waals surface area contributed by atoms with Gasteiger partial charge < -0.3 is 15.3 Å². The zero-order chi connectivity index (χ0) is 23.7. The van der Waals surface area contributed by atoms with E-state index in [1.807, 2.05) is 0 Å². The van der Waals surface area contributed by atoms with Crippen LogP contribution in [0.3, 0.4) is 0 Å². The van der Waals surface area contributed by atoms with E-state index in [4.69, 9.17) is 11.6 Å². The van der Waals surface area contributed by atoms with Crippen LogP contribution in [0, 0.1) is 17.8 Å². The summed E-state index contributed by atoms with van der Waals surface area (Å²) in [6, 6.07) is 1.77. The summed E-state index contributed by atoms with van der Waals surface area (Å²) in [4.78, 5) is 18.5. The zero-order valence-corrected chi connectivity index (χ0v) is 19.0. The molecule has 7 nitrogen and oxygen atoms in total. The molecule has 0 aliphatic heterocycles. The van der Waals surface area contributed by atoms with Gasteiger partial charge in [-0.25, -0.2) is 4.98 Å². The Bertz CT molecular complexity index is 1090. The molecule has 0 aromatic carbocycles. The first kappa shape index (κ1) is 22.5. The number of aliphatic hydroxyl groups is 1. The van der Waals surface area contributed by atoms with Crippen molar-refractivity contribution in [3.63, 3.8) is 0 Å². The molecule has 33 heavy (non-hydrogen) atoms. The predicted octanol–water partition coefficient (Wildman–Crippen LogP) is 3.92. The van der Waals surface area contributed by atoms with E-state index in [1.165, 1.54) is 16.6 Å². The van der Waals surface area contributed by atoms with Crippen LogP contribution >= 0.6 is 11.6 Å². The highest BCUT2D eigenvalue weighted by atomic mass is 35.5. The number of hydrogen-bond acceptors (Lipinski definition) is 5. The first-order chi connectivity index (χ1) is 15.4. The molecule has 2 aromatic heterocycles. The van der Waals surface area contributed by atoms with Crippen LogP contribution in [0.2, 0.25) is 5.02 Å². The van der Waals surface area contributed by atoms with Crippen molar-refractivity contribution in [1.29, 1.82) is 0 Å². The zero-order valence-electron chi connectivity index (χ0n) is 18.2. The van der Waals surface area contributed by atoms with Crippen molar-refractivity contribution in [2.24, 2.45) is 24.8 Å². The van der Waals surface area contributed by atoms with Crippen LogP contribution in [0.1, 0.15) is 48.2 Å². The van der Waals surface area contributed by atoms with Gasteiger partial charge in [-0.05, 0) is 62.0 Å². The highest BCUT2D eigenvalue weighted by Crippen LogP contribution is 2.55. The van der Waals surface area contributed by atoms with Crippen molar-refractivity contribution in [3.8, 4) is 0 Å². The topological polar surface area (TPSA) is 83.3 Å². The van der Waals surface area contributed by atoms with Crippen LogP contribution in [0.4, 0.5) is 24.8 Å². The monoisotopic (exact) mass is 483 g/mol. The third-order valence-electron chi connectivity index (χ3n) is 7.45. The normalized spacial score (nSPS) is 30.5. The molecular weight excluding hydrogens is 459 g/mol. The summed E-state index contributed by atoms with van der Waals surface area (Å²) in [6.45, 7) is 0. The van der Waals surface area contributed by atoms with Gasteiger partial charge in [0.2, 0.25) is 0 Å². The van der Waals surface area contributed by atoms with E-state index in [2.05, 4.69) is 15.4 Å². The van der Waals surface area contributed by atoms with Gasteiger partial charge in [0.05, 0.1) is 11.2 Å². The molecule has 2 atom stereocenters. The number of pyridine rings is 1. The van der Waals surface area contributed by atoms with E-state index in [0.29, 0.717) is 18.8 Å².